The predicted molar refractivity (Wildman–Crippen MR) is 124 cm³/mol. The van der Waals surface area contributed by atoms with Gasteiger partial charge in [-0.3, -0.25) is 0 Å². The molecule has 0 radical (unpaired) electrons. The van der Waals surface area contributed by atoms with Gasteiger partial charge in [0.2, 0.25) is 0 Å². The van der Waals surface area contributed by atoms with Crippen LogP contribution in [-0.2, 0) is 4.43 Å². The molecule has 0 aliphatic heterocycles. The molecule has 0 saturated carbocycles. The molecule has 2 rings (SSSR count). The molecule has 0 unspecified atom stereocenters. The Morgan fingerprint density at radius 3 is 2.04 bits per heavy atom. The smallest absolute Gasteiger partial charge is 0.192 e. The molecular weight excluding hydrogens is 364 g/mol. The van der Waals surface area contributed by atoms with Gasteiger partial charge in [-0.25, -0.2) is 0 Å². The van der Waals surface area contributed by atoms with E-state index in [1.165, 1.54) is 23.1 Å². The van der Waals surface area contributed by atoms with Crippen LogP contribution in [0, 0.1) is 6.92 Å². The minimum Gasteiger partial charge on any atom is -0.408 e. The van der Waals surface area contributed by atoms with Gasteiger partial charge in [-0.05, 0) is 48.4 Å². The van der Waals surface area contributed by atoms with E-state index in [4.69, 9.17) is 4.43 Å². The summed E-state index contributed by atoms with van der Waals surface area (Å²) in [5.41, 5.74) is 3.96. The Kier molecular flexibility index (Phi) is 7.79. The molecule has 1 nitrogen and oxygen atoms in total. The van der Waals surface area contributed by atoms with Crippen LogP contribution in [0.1, 0.15) is 62.2 Å². The fourth-order valence-electron chi connectivity index (χ4n) is 2.80. The van der Waals surface area contributed by atoms with Gasteiger partial charge in [0.05, 0.1) is 11.4 Å². The zero-order valence-electron chi connectivity index (χ0n) is 18.1. The van der Waals surface area contributed by atoms with Crippen LogP contribution in [-0.4, -0.2) is 14.1 Å². The van der Waals surface area contributed by atoms with E-state index in [0.717, 1.165) is 5.75 Å². The fourth-order valence-corrected chi connectivity index (χ4v) is 5.39. The maximum atomic E-state index is 7.05. The Labute approximate surface area is 172 Å². The summed E-state index contributed by atoms with van der Waals surface area (Å²) in [4.78, 5) is 0. The standard InChI is InChI=1S/C24H36OSSi/c1-8-18-26-23(21-16-14-19(2)15-17-21)22(20-12-10-9-11-13-20)25-27(6,7)24(3,4)5/h9-17,22-23H,8,18H2,1-7H3/t22-,23+/m1/s1. The number of hydrogen-bond acceptors (Lipinski definition) is 2. The summed E-state index contributed by atoms with van der Waals surface area (Å²) in [7, 11) is -1.91. The molecule has 27 heavy (non-hydrogen) atoms. The lowest BCUT2D eigenvalue weighted by Gasteiger charge is -2.41. The van der Waals surface area contributed by atoms with Crippen molar-refractivity contribution >= 4 is 20.1 Å². The number of rotatable bonds is 8. The third-order valence-corrected chi connectivity index (χ3v) is 11.5. The second-order valence-electron chi connectivity index (χ2n) is 8.91. The van der Waals surface area contributed by atoms with E-state index in [2.05, 4.69) is 102 Å². The van der Waals surface area contributed by atoms with Crippen LogP contribution in [0.25, 0.3) is 0 Å². The summed E-state index contributed by atoms with van der Waals surface area (Å²) in [6, 6.07) is 19.8. The molecule has 0 N–H and O–H groups in total. The maximum absolute atomic E-state index is 7.05. The first kappa shape index (κ1) is 22.3. The molecule has 0 aliphatic rings. The van der Waals surface area contributed by atoms with E-state index >= 15 is 0 Å². The van der Waals surface area contributed by atoms with Crippen LogP contribution in [0.15, 0.2) is 54.6 Å². The highest BCUT2D eigenvalue weighted by molar-refractivity contribution is 7.99. The Balaban J connectivity index is 2.48. The third-order valence-electron chi connectivity index (χ3n) is 5.54. The van der Waals surface area contributed by atoms with Crippen molar-refractivity contribution in [2.75, 3.05) is 5.75 Å². The molecule has 0 aromatic heterocycles. The molecule has 2 atom stereocenters. The van der Waals surface area contributed by atoms with Crippen molar-refractivity contribution in [2.24, 2.45) is 0 Å². The molecule has 0 bridgehead atoms. The highest BCUT2D eigenvalue weighted by atomic mass is 32.2. The van der Waals surface area contributed by atoms with Gasteiger partial charge in [0.25, 0.3) is 0 Å². The van der Waals surface area contributed by atoms with Gasteiger partial charge >= 0.3 is 0 Å². The van der Waals surface area contributed by atoms with Gasteiger partial charge in [0, 0.05) is 0 Å². The van der Waals surface area contributed by atoms with Crippen LogP contribution >= 0.6 is 11.8 Å². The number of thioether (sulfide) groups is 1. The summed E-state index contributed by atoms with van der Waals surface area (Å²) >= 11 is 2.03. The first-order chi connectivity index (χ1) is 12.7. The Morgan fingerprint density at radius 1 is 0.926 bits per heavy atom. The molecule has 3 heteroatoms. The van der Waals surface area contributed by atoms with Gasteiger partial charge < -0.3 is 4.43 Å². The summed E-state index contributed by atoms with van der Waals surface area (Å²) < 4.78 is 7.05. The normalized spacial score (nSPS) is 14.8. The second kappa shape index (κ2) is 9.44. The summed E-state index contributed by atoms with van der Waals surface area (Å²) in [6.07, 6.45) is 1.25. The SMILES string of the molecule is CCCS[C@@H](c1ccc(C)cc1)[C@H](O[Si](C)(C)C(C)(C)C)c1ccccc1. The van der Waals surface area contributed by atoms with E-state index in [-0.39, 0.29) is 11.1 Å². The van der Waals surface area contributed by atoms with Gasteiger partial charge in [-0.2, -0.15) is 11.8 Å². The second-order valence-corrected chi connectivity index (χ2v) is 14.9. The third kappa shape index (κ3) is 5.97. The Bertz CT molecular complexity index is 689. The van der Waals surface area contributed by atoms with Crippen molar-refractivity contribution < 1.29 is 4.43 Å². The number of hydrogen-bond donors (Lipinski definition) is 0. The summed E-state index contributed by atoms with van der Waals surface area (Å²) in [5.74, 6) is 1.14. The average Bonchev–Trinajstić information content (AvgIpc) is 2.62. The first-order valence-corrected chi connectivity index (χ1v) is 14.0. The average molecular weight is 401 g/mol. The molecule has 0 heterocycles. The molecule has 0 saturated heterocycles. The molecule has 0 amide bonds. The Morgan fingerprint density at radius 2 is 1.52 bits per heavy atom. The van der Waals surface area contributed by atoms with Gasteiger partial charge in [0.1, 0.15) is 0 Å². The van der Waals surface area contributed by atoms with Crippen molar-refractivity contribution in [1.82, 2.24) is 0 Å². The van der Waals surface area contributed by atoms with E-state index in [9.17, 15) is 0 Å². The minimum atomic E-state index is -1.91. The zero-order chi connectivity index (χ0) is 20.1. The van der Waals surface area contributed by atoms with Gasteiger partial charge in [-0.15, -0.1) is 0 Å². The van der Waals surface area contributed by atoms with Crippen molar-refractivity contribution in [3.05, 3.63) is 71.3 Å². The van der Waals surface area contributed by atoms with Gasteiger partial charge in [-0.1, -0.05) is 87.9 Å². The van der Waals surface area contributed by atoms with Gasteiger partial charge in [0.15, 0.2) is 8.32 Å². The number of aryl methyl sites for hydroxylation is 1. The highest BCUT2D eigenvalue weighted by Crippen LogP contribution is 2.48. The maximum Gasteiger partial charge on any atom is 0.192 e. The number of benzene rings is 2. The molecular formula is C24H36OSSi. The van der Waals surface area contributed by atoms with Crippen LogP contribution in [0.3, 0.4) is 0 Å². The molecule has 0 aliphatic carbocycles. The molecule has 2 aromatic rings. The molecule has 0 spiro atoms. The van der Waals surface area contributed by atoms with Crippen molar-refractivity contribution in [1.29, 1.82) is 0 Å². The van der Waals surface area contributed by atoms with Crippen LogP contribution < -0.4 is 0 Å². The van der Waals surface area contributed by atoms with Crippen molar-refractivity contribution in [3.63, 3.8) is 0 Å². The van der Waals surface area contributed by atoms with E-state index in [0.29, 0.717) is 5.25 Å². The zero-order valence-corrected chi connectivity index (χ0v) is 19.9. The highest BCUT2D eigenvalue weighted by Gasteiger charge is 2.41. The summed E-state index contributed by atoms with van der Waals surface area (Å²) in [5, 5.41) is 0.495. The van der Waals surface area contributed by atoms with E-state index < -0.39 is 8.32 Å². The molecule has 148 valence electrons. The minimum absolute atomic E-state index is 0.0753. The summed E-state index contributed by atoms with van der Waals surface area (Å²) in [6.45, 7) is 16.1. The molecule has 2 aromatic carbocycles. The first-order valence-electron chi connectivity index (χ1n) is 10.1. The topological polar surface area (TPSA) is 9.23 Å². The van der Waals surface area contributed by atoms with Crippen molar-refractivity contribution in [2.45, 2.75) is 70.5 Å². The van der Waals surface area contributed by atoms with Crippen LogP contribution in [0.5, 0.6) is 0 Å². The van der Waals surface area contributed by atoms with Crippen LogP contribution in [0.4, 0.5) is 0 Å². The van der Waals surface area contributed by atoms with Crippen LogP contribution in [0.2, 0.25) is 18.1 Å². The van der Waals surface area contributed by atoms with Crippen molar-refractivity contribution in [3.8, 4) is 0 Å². The predicted octanol–water partition coefficient (Wildman–Crippen LogP) is 7.94. The monoisotopic (exact) mass is 400 g/mol. The molecule has 0 fully saturated rings. The lowest BCUT2D eigenvalue weighted by Crippen LogP contribution is -2.42. The largest absolute Gasteiger partial charge is 0.408 e. The van der Waals surface area contributed by atoms with E-state index in [1.807, 2.05) is 11.8 Å². The lowest BCUT2D eigenvalue weighted by atomic mass is 10.00. The fraction of sp³-hybridized carbons (Fsp3) is 0.500. The lowest BCUT2D eigenvalue weighted by molar-refractivity contribution is 0.180. The van der Waals surface area contributed by atoms with E-state index in [1.54, 1.807) is 0 Å². The Hall–Kier alpha value is -1.03. The quantitative estimate of drug-likeness (QED) is 0.416.